The number of halogens is 2. The van der Waals surface area contributed by atoms with Crippen LogP contribution in [0.25, 0.3) is 11.1 Å². The van der Waals surface area contributed by atoms with Gasteiger partial charge in [-0.05, 0) is 29.3 Å². The van der Waals surface area contributed by atoms with E-state index in [9.17, 15) is 13.6 Å². The lowest BCUT2D eigenvalue weighted by molar-refractivity contribution is -0.136. The van der Waals surface area contributed by atoms with Gasteiger partial charge in [-0.1, -0.05) is 24.3 Å². The third-order valence-corrected chi connectivity index (χ3v) is 2.57. The number of carboxylic acids is 1. The standard InChI is InChI=1S/C14H10F2O2/c15-10-5-6-11(9(7-10)8-14(17)18)12-3-1-2-4-13(12)16/h1-7H,8H2,(H,17,18). The highest BCUT2D eigenvalue weighted by atomic mass is 19.1. The molecule has 0 amide bonds. The molecule has 0 atom stereocenters. The van der Waals surface area contributed by atoms with Gasteiger partial charge in [0.25, 0.3) is 0 Å². The van der Waals surface area contributed by atoms with Gasteiger partial charge < -0.3 is 5.11 Å². The molecule has 0 radical (unpaired) electrons. The Morgan fingerprint density at radius 2 is 1.78 bits per heavy atom. The summed E-state index contributed by atoms with van der Waals surface area (Å²) in [5, 5.41) is 8.78. The zero-order valence-corrected chi connectivity index (χ0v) is 9.36. The lowest BCUT2D eigenvalue weighted by Gasteiger charge is -2.09. The predicted octanol–water partition coefficient (Wildman–Crippen LogP) is 3.26. The van der Waals surface area contributed by atoms with Gasteiger partial charge in [0.15, 0.2) is 0 Å². The summed E-state index contributed by atoms with van der Waals surface area (Å²) < 4.78 is 26.8. The molecule has 0 aliphatic rings. The van der Waals surface area contributed by atoms with Crippen LogP contribution < -0.4 is 0 Å². The van der Waals surface area contributed by atoms with Crippen LogP contribution in [0.15, 0.2) is 42.5 Å². The van der Waals surface area contributed by atoms with E-state index in [0.29, 0.717) is 5.56 Å². The highest BCUT2D eigenvalue weighted by molar-refractivity contribution is 5.76. The lowest BCUT2D eigenvalue weighted by Crippen LogP contribution is -2.03. The van der Waals surface area contributed by atoms with Crippen molar-refractivity contribution in [1.29, 1.82) is 0 Å². The fourth-order valence-electron chi connectivity index (χ4n) is 1.81. The quantitative estimate of drug-likeness (QED) is 0.905. The second-order valence-corrected chi connectivity index (χ2v) is 3.85. The van der Waals surface area contributed by atoms with E-state index in [1.165, 1.54) is 24.3 Å². The van der Waals surface area contributed by atoms with Crippen LogP contribution in [0.1, 0.15) is 5.56 Å². The maximum absolute atomic E-state index is 13.7. The van der Waals surface area contributed by atoms with Gasteiger partial charge in [0.05, 0.1) is 6.42 Å². The number of hydrogen-bond acceptors (Lipinski definition) is 1. The highest BCUT2D eigenvalue weighted by Crippen LogP contribution is 2.27. The summed E-state index contributed by atoms with van der Waals surface area (Å²) in [5.41, 5.74) is 0.929. The molecule has 0 unspecified atom stereocenters. The van der Waals surface area contributed by atoms with Crippen LogP contribution in [0.4, 0.5) is 8.78 Å². The van der Waals surface area contributed by atoms with E-state index in [-0.39, 0.29) is 17.5 Å². The first kappa shape index (κ1) is 12.2. The van der Waals surface area contributed by atoms with Crippen molar-refractivity contribution in [2.24, 2.45) is 0 Å². The zero-order valence-electron chi connectivity index (χ0n) is 9.36. The Kier molecular flexibility index (Phi) is 3.37. The van der Waals surface area contributed by atoms with E-state index in [4.69, 9.17) is 5.11 Å². The van der Waals surface area contributed by atoms with Crippen LogP contribution in [0.2, 0.25) is 0 Å². The Hall–Kier alpha value is -2.23. The van der Waals surface area contributed by atoms with Crippen LogP contribution in [0.5, 0.6) is 0 Å². The van der Waals surface area contributed by atoms with E-state index in [2.05, 4.69) is 0 Å². The number of rotatable bonds is 3. The molecule has 2 aromatic carbocycles. The minimum atomic E-state index is -1.09. The lowest BCUT2D eigenvalue weighted by atomic mass is 9.97. The number of carboxylic acid groups (broad SMARTS) is 1. The Labute approximate surface area is 103 Å². The van der Waals surface area contributed by atoms with Gasteiger partial charge in [-0.25, -0.2) is 8.78 Å². The molecular weight excluding hydrogens is 238 g/mol. The second-order valence-electron chi connectivity index (χ2n) is 3.85. The number of carbonyl (C=O) groups is 1. The molecule has 92 valence electrons. The Morgan fingerprint density at radius 1 is 1.06 bits per heavy atom. The molecule has 0 aromatic heterocycles. The molecule has 0 saturated heterocycles. The van der Waals surface area contributed by atoms with Crippen LogP contribution in [0.3, 0.4) is 0 Å². The molecule has 0 heterocycles. The van der Waals surface area contributed by atoms with E-state index < -0.39 is 17.6 Å². The van der Waals surface area contributed by atoms with E-state index in [1.807, 2.05) is 0 Å². The van der Waals surface area contributed by atoms with Gasteiger partial charge in [-0.15, -0.1) is 0 Å². The van der Waals surface area contributed by atoms with Gasteiger partial charge in [0, 0.05) is 5.56 Å². The van der Waals surface area contributed by atoms with E-state index >= 15 is 0 Å². The Morgan fingerprint density at radius 3 is 2.44 bits per heavy atom. The summed E-state index contributed by atoms with van der Waals surface area (Å²) in [4.78, 5) is 10.7. The average molecular weight is 248 g/mol. The Bertz CT molecular complexity index is 594. The predicted molar refractivity (Wildman–Crippen MR) is 63.1 cm³/mol. The number of hydrogen-bond donors (Lipinski definition) is 1. The first-order chi connectivity index (χ1) is 8.58. The van der Waals surface area contributed by atoms with Gasteiger partial charge >= 0.3 is 5.97 Å². The minimum Gasteiger partial charge on any atom is -0.481 e. The molecule has 4 heteroatoms. The molecule has 0 aliphatic heterocycles. The Balaban J connectivity index is 2.57. The summed E-state index contributed by atoms with van der Waals surface area (Å²) in [5.74, 6) is -2.08. The topological polar surface area (TPSA) is 37.3 Å². The summed E-state index contributed by atoms with van der Waals surface area (Å²) in [6.45, 7) is 0. The van der Waals surface area contributed by atoms with Gasteiger partial charge in [-0.2, -0.15) is 0 Å². The van der Waals surface area contributed by atoms with Crippen molar-refractivity contribution in [3.05, 3.63) is 59.7 Å². The van der Waals surface area contributed by atoms with Crippen molar-refractivity contribution in [3.63, 3.8) is 0 Å². The summed E-state index contributed by atoms with van der Waals surface area (Å²) >= 11 is 0. The van der Waals surface area contributed by atoms with Crippen LogP contribution in [-0.2, 0) is 11.2 Å². The van der Waals surface area contributed by atoms with Gasteiger partial charge in [0.1, 0.15) is 11.6 Å². The maximum atomic E-state index is 13.7. The SMILES string of the molecule is O=C(O)Cc1cc(F)ccc1-c1ccccc1F. The van der Waals surface area contributed by atoms with Crippen molar-refractivity contribution >= 4 is 5.97 Å². The summed E-state index contributed by atoms with van der Waals surface area (Å²) in [7, 11) is 0. The van der Waals surface area contributed by atoms with E-state index in [1.54, 1.807) is 12.1 Å². The molecule has 0 saturated carbocycles. The van der Waals surface area contributed by atoms with Crippen molar-refractivity contribution in [2.45, 2.75) is 6.42 Å². The van der Waals surface area contributed by atoms with Gasteiger partial charge in [0.2, 0.25) is 0 Å². The molecule has 0 aliphatic carbocycles. The highest BCUT2D eigenvalue weighted by Gasteiger charge is 2.12. The van der Waals surface area contributed by atoms with Crippen LogP contribution >= 0.6 is 0 Å². The second kappa shape index (κ2) is 4.96. The van der Waals surface area contributed by atoms with Crippen molar-refractivity contribution < 1.29 is 18.7 Å². The summed E-state index contributed by atoms with van der Waals surface area (Å²) in [6.07, 6.45) is -0.346. The zero-order chi connectivity index (χ0) is 13.1. The van der Waals surface area contributed by atoms with Gasteiger partial charge in [-0.3, -0.25) is 4.79 Å². The molecular formula is C14H10F2O2. The number of benzene rings is 2. The molecule has 2 rings (SSSR count). The van der Waals surface area contributed by atoms with Crippen molar-refractivity contribution in [2.75, 3.05) is 0 Å². The molecule has 2 nitrogen and oxygen atoms in total. The molecule has 2 aromatic rings. The number of aliphatic carboxylic acids is 1. The smallest absolute Gasteiger partial charge is 0.307 e. The average Bonchev–Trinajstić information content (AvgIpc) is 2.30. The third-order valence-electron chi connectivity index (χ3n) is 2.57. The molecule has 0 spiro atoms. The fraction of sp³-hybridized carbons (Fsp3) is 0.0714. The monoisotopic (exact) mass is 248 g/mol. The maximum Gasteiger partial charge on any atom is 0.307 e. The third kappa shape index (κ3) is 2.53. The van der Waals surface area contributed by atoms with Crippen molar-refractivity contribution in [1.82, 2.24) is 0 Å². The van der Waals surface area contributed by atoms with E-state index in [0.717, 1.165) is 6.07 Å². The first-order valence-corrected chi connectivity index (χ1v) is 5.33. The fourth-order valence-corrected chi connectivity index (χ4v) is 1.81. The normalized spacial score (nSPS) is 10.3. The van der Waals surface area contributed by atoms with Crippen LogP contribution in [0, 0.1) is 11.6 Å². The molecule has 0 bridgehead atoms. The largest absolute Gasteiger partial charge is 0.481 e. The summed E-state index contributed by atoms with van der Waals surface area (Å²) in [6, 6.07) is 9.71. The van der Waals surface area contributed by atoms with Crippen LogP contribution in [-0.4, -0.2) is 11.1 Å². The minimum absolute atomic E-state index is 0.257. The van der Waals surface area contributed by atoms with Crippen molar-refractivity contribution in [3.8, 4) is 11.1 Å². The molecule has 18 heavy (non-hydrogen) atoms. The molecule has 1 N–H and O–H groups in total. The molecule has 0 fully saturated rings. The first-order valence-electron chi connectivity index (χ1n) is 5.33.